The van der Waals surface area contributed by atoms with Crippen molar-refractivity contribution >= 4 is 34.4 Å². The van der Waals surface area contributed by atoms with Crippen molar-refractivity contribution in [2.75, 3.05) is 5.75 Å². The van der Waals surface area contributed by atoms with Gasteiger partial charge in [-0.15, -0.1) is 28.5 Å². The molecule has 1 aromatic heterocycles. The van der Waals surface area contributed by atoms with Crippen molar-refractivity contribution < 1.29 is 0 Å². The maximum Gasteiger partial charge on any atom is 0.113 e. The first-order valence-corrected chi connectivity index (χ1v) is 10.00. The summed E-state index contributed by atoms with van der Waals surface area (Å²) in [5.41, 5.74) is 4.29. The zero-order chi connectivity index (χ0) is 17.8. The Morgan fingerprint density at radius 2 is 1.62 bits per heavy atom. The van der Waals surface area contributed by atoms with Gasteiger partial charge in [-0.1, -0.05) is 59.8 Å². The van der Waals surface area contributed by atoms with E-state index in [1.165, 1.54) is 10.5 Å². The van der Waals surface area contributed by atoms with Crippen molar-refractivity contribution in [3.8, 4) is 0 Å². The molecule has 0 aliphatic carbocycles. The third kappa shape index (κ3) is 3.62. The molecule has 0 saturated heterocycles. The van der Waals surface area contributed by atoms with E-state index in [1.807, 2.05) is 40.7 Å². The standard InChI is InChI=1S/C21H18ClN3S/c22-14-16-10-12-17(13-11-16)21(15-26-18-6-2-1-3-7-18)25-20-9-5-4-8-19(20)23-24-25/h1-13,21H,14-15H2. The van der Waals surface area contributed by atoms with Crippen LogP contribution in [0.2, 0.25) is 0 Å². The van der Waals surface area contributed by atoms with Crippen LogP contribution < -0.4 is 0 Å². The number of thioether (sulfide) groups is 1. The second-order valence-corrected chi connectivity index (χ2v) is 7.40. The molecule has 1 heterocycles. The van der Waals surface area contributed by atoms with Crippen molar-refractivity contribution in [3.05, 3.63) is 90.0 Å². The van der Waals surface area contributed by atoms with Crippen LogP contribution in [0.4, 0.5) is 0 Å². The number of benzene rings is 3. The molecule has 0 aliphatic heterocycles. The molecular formula is C21H18ClN3S. The average molecular weight is 380 g/mol. The van der Waals surface area contributed by atoms with E-state index < -0.39 is 0 Å². The summed E-state index contributed by atoms with van der Waals surface area (Å²) in [4.78, 5) is 1.25. The lowest BCUT2D eigenvalue weighted by molar-refractivity contribution is 0.567. The molecule has 130 valence electrons. The molecule has 0 bridgehead atoms. The average Bonchev–Trinajstić information content (AvgIpc) is 3.13. The van der Waals surface area contributed by atoms with Crippen molar-refractivity contribution in [1.82, 2.24) is 15.0 Å². The third-order valence-corrected chi connectivity index (χ3v) is 5.74. The van der Waals surface area contributed by atoms with E-state index in [-0.39, 0.29) is 6.04 Å². The highest BCUT2D eigenvalue weighted by Crippen LogP contribution is 2.29. The zero-order valence-corrected chi connectivity index (χ0v) is 15.7. The van der Waals surface area contributed by atoms with Gasteiger partial charge in [-0.05, 0) is 35.4 Å². The van der Waals surface area contributed by atoms with Crippen molar-refractivity contribution in [3.63, 3.8) is 0 Å². The molecule has 3 nitrogen and oxygen atoms in total. The number of rotatable bonds is 6. The Morgan fingerprint density at radius 1 is 0.885 bits per heavy atom. The molecule has 0 amide bonds. The van der Waals surface area contributed by atoms with Gasteiger partial charge in [-0.2, -0.15) is 0 Å². The summed E-state index contributed by atoms with van der Waals surface area (Å²) in [7, 11) is 0. The maximum absolute atomic E-state index is 5.95. The number of hydrogen-bond acceptors (Lipinski definition) is 3. The fourth-order valence-corrected chi connectivity index (χ4v) is 4.16. The molecule has 0 saturated carbocycles. The number of nitrogens with zero attached hydrogens (tertiary/aromatic N) is 3. The van der Waals surface area contributed by atoms with Gasteiger partial charge in [0.15, 0.2) is 0 Å². The minimum Gasteiger partial charge on any atom is -0.236 e. The number of fused-ring (bicyclic) bond motifs is 1. The van der Waals surface area contributed by atoms with Gasteiger partial charge in [0.05, 0.1) is 11.6 Å². The summed E-state index contributed by atoms with van der Waals surface area (Å²) < 4.78 is 2.03. The Labute approximate surface area is 162 Å². The molecule has 0 fully saturated rings. The lowest BCUT2D eigenvalue weighted by atomic mass is 10.1. The fraction of sp³-hybridized carbons (Fsp3) is 0.143. The largest absolute Gasteiger partial charge is 0.236 e. The number of halogens is 1. The molecular weight excluding hydrogens is 362 g/mol. The van der Waals surface area contributed by atoms with Gasteiger partial charge >= 0.3 is 0 Å². The van der Waals surface area contributed by atoms with Crippen molar-refractivity contribution in [1.29, 1.82) is 0 Å². The lowest BCUT2D eigenvalue weighted by Gasteiger charge is -2.18. The fourth-order valence-electron chi connectivity index (χ4n) is 2.95. The Hall–Kier alpha value is -2.30. The van der Waals surface area contributed by atoms with Crippen LogP contribution in [0, 0.1) is 0 Å². The first-order chi connectivity index (χ1) is 12.8. The Kier molecular flexibility index (Phi) is 5.23. The number of aromatic nitrogens is 3. The summed E-state index contributed by atoms with van der Waals surface area (Å²) in [6.07, 6.45) is 0. The number of para-hydroxylation sites is 1. The van der Waals surface area contributed by atoms with Crippen LogP contribution in [0.1, 0.15) is 17.2 Å². The van der Waals surface area contributed by atoms with Crippen LogP contribution >= 0.6 is 23.4 Å². The second-order valence-electron chi connectivity index (χ2n) is 6.04. The predicted octanol–water partition coefficient (Wildman–Crippen LogP) is 5.55. The van der Waals surface area contributed by atoms with Crippen LogP contribution in [0.5, 0.6) is 0 Å². The molecule has 0 N–H and O–H groups in total. The minimum absolute atomic E-state index is 0.0944. The second kappa shape index (κ2) is 7.94. The van der Waals surface area contributed by atoms with E-state index in [1.54, 1.807) is 0 Å². The van der Waals surface area contributed by atoms with Gasteiger partial charge in [-0.3, -0.25) is 0 Å². The highest BCUT2D eigenvalue weighted by molar-refractivity contribution is 7.99. The molecule has 1 unspecified atom stereocenters. The highest BCUT2D eigenvalue weighted by atomic mass is 35.5. The van der Waals surface area contributed by atoms with E-state index in [0.717, 1.165) is 22.3 Å². The SMILES string of the molecule is ClCc1ccc(C(CSc2ccccc2)n2nnc3ccccc32)cc1. The lowest BCUT2D eigenvalue weighted by Crippen LogP contribution is -2.15. The summed E-state index contributed by atoms with van der Waals surface area (Å²) in [6.45, 7) is 0. The summed E-state index contributed by atoms with van der Waals surface area (Å²) in [6, 6.07) is 27.1. The molecule has 0 radical (unpaired) electrons. The quantitative estimate of drug-likeness (QED) is 0.325. The first-order valence-electron chi connectivity index (χ1n) is 8.48. The van der Waals surface area contributed by atoms with E-state index in [0.29, 0.717) is 5.88 Å². The van der Waals surface area contributed by atoms with E-state index >= 15 is 0 Å². The van der Waals surface area contributed by atoms with E-state index in [4.69, 9.17) is 11.6 Å². The topological polar surface area (TPSA) is 30.7 Å². The van der Waals surface area contributed by atoms with Gasteiger partial charge in [0.1, 0.15) is 5.52 Å². The van der Waals surface area contributed by atoms with Crippen LogP contribution in [0.3, 0.4) is 0 Å². The Balaban J connectivity index is 1.70. The van der Waals surface area contributed by atoms with Gasteiger partial charge < -0.3 is 0 Å². The Bertz CT molecular complexity index is 983. The molecule has 26 heavy (non-hydrogen) atoms. The first kappa shape index (κ1) is 17.1. The van der Waals surface area contributed by atoms with Gasteiger partial charge in [0, 0.05) is 16.5 Å². The Morgan fingerprint density at radius 3 is 2.38 bits per heavy atom. The van der Waals surface area contributed by atoms with Crippen LogP contribution in [-0.4, -0.2) is 20.7 Å². The van der Waals surface area contributed by atoms with Crippen LogP contribution in [-0.2, 0) is 5.88 Å². The maximum atomic E-state index is 5.95. The summed E-state index contributed by atoms with van der Waals surface area (Å²) in [5, 5.41) is 8.79. The molecule has 5 heteroatoms. The van der Waals surface area contributed by atoms with Crippen LogP contribution in [0.15, 0.2) is 83.8 Å². The molecule has 0 spiro atoms. The third-order valence-electron chi connectivity index (χ3n) is 4.34. The smallest absolute Gasteiger partial charge is 0.113 e. The highest BCUT2D eigenvalue weighted by Gasteiger charge is 2.18. The zero-order valence-electron chi connectivity index (χ0n) is 14.1. The number of hydrogen-bond donors (Lipinski definition) is 0. The summed E-state index contributed by atoms with van der Waals surface area (Å²) >= 11 is 7.77. The minimum atomic E-state index is 0.0944. The monoisotopic (exact) mass is 379 g/mol. The van der Waals surface area contributed by atoms with Gasteiger partial charge in [0.25, 0.3) is 0 Å². The van der Waals surface area contributed by atoms with Crippen molar-refractivity contribution in [2.45, 2.75) is 16.8 Å². The van der Waals surface area contributed by atoms with Crippen molar-refractivity contribution in [2.24, 2.45) is 0 Å². The molecule has 1 atom stereocenters. The van der Waals surface area contributed by atoms with E-state index in [9.17, 15) is 0 Å². The molecule has 3 aromatic carbocycles. The van der Waals surface area contributed by atoms with Gasteiger partial charge in [-0.25, -0.2) is 4.68 Å². The molecule has 4 aromatic rings. The normalized spacial score (nSPS) is 12.3. The van der Waals surface area contributed by atoms with Gasteiger partial charge in [0.2, 0.25) is 0 Å². The molecule has 0 aliphatic rings. The number of alkyl halides is 1. The van der Waals surface area contributed by atoms with E-state index in [2.05, 4.69) is 64.9 Å². The predicted molar refractivity (Wildman–Crippen MR) is 109 cm³/mol. The van der Waals surface area contributed by atoms with Crippen LogP contribution in [0.25, 0.3) is 11.0 Å². The summed E-state index contributed by atoms with van der Waals surface area (Å²) in [5.74, 6) is 1.40. The molecule has 4 rings (SSSR count).